The summed E-state index contributed by atoms with van der Waals surface area (Å²) < 4.78 is 31.6. The van der Waals surface area contributed by atoms with Gasteiger partial charge in [-0.3, -0.25) is 14.1 Å². The molecular formula is C5H10AsCuNO4S. The average Bonchev–Trinajstić information content (AvgIpc) is 1.88. The Morgan fingerprint density at radius 2 is 1.31 bits per heavy atom. The number of nitrogens with zero attached hydrogens (tertiary/aromatic N) is 1. The third-order valence-electron chi connectivity index (χ3n) is 0.566. The first kappa shape index (κ1) is 18.8. The van der Waals surface area contributed by atoms with E-state index >= 15 is 0 Å². The van der Waals surface area contributed by atoms with E-state index in [-0.39, 0.29) is 35.0 Å². The summed E-state index contributed by atoms with van der Waals surface area (Å²) in [6.45, 7) is 0. The van der Waals surface area contributed by atoms with Crippen molar-refractivity contribution in [2.45, 2.75) is 0 Å². The summed E-state index contributed by atoms with van der Waals surface area (Å²) >= 11 is 0. The summed E-state index contributed by atoms with van der Waals surface area (Å²) in [4.78, 5) is 3.78. The summed E-state index contributed by atoms with van der Waals surface area (Å²) in [6, 6.07) is 5.72. The second-order valence-electron chi connectivity index (χ2n) is 1.47. The number of hydrogen-bond donors (Lipinski definition) is 2. The summed E-state index contributed by atoms with van der Waals surface area (Å²) in [5.41, 5.74) is 0. The zero-order valence-electron chi connectivity index (χ0n) is 6.46. The molecule has 0 saturated carbocycles. The van der Waals surface area contributed by atoms with Gasteiger partial charge in [-0.15, -0.1) is 0 Å². The van der Waals surface area contributed by atoms with Crippen molar-refractivity contribution in [1.29, 1.82) is 0 Å². The number of rotatable bonds is 0. The van der Waals surface area contributed by atoms with Gasteiger partial charge in [-0.05, 0) is 12.1 Å². The van der Waals surface area contributed by atoms with E-state index in [0.717, 1.165) is 0 Å². The van der Waals surface area contributed by atoms with Gasteiger partial charge < -0.3 is 0 Å². The Kier molecular flexibility index (Phi) is 14.7. The number of hydrogen-bond acceptors (Lipinski definition) is 3. The molecule has 0 fully saturated rings. The zero-order chi connectivity index (χ0) is 8.74. The van der Waals surface area contributed by atoms with Crippen molar-refractivity contribution in [2.75, 3.05) is 0 Å². The Morgan fingerprint density at radius 3 is 1.38 bits per heavy atom. The van der Waals surface area contributed by atoms with Crippen molar-refractivity contribution in [3.8, 4) is 0 Å². The second-order valence-corrected chi connectivity index (χ2v) is 2.37. The maximum atomic E-state index is 8.74. The van der Waals surface area contributed by atoms with Crippen LogP contribution in [0.3, 0.4) is 0 Å². The Bertz CT molecular complexity index is 245. The Labute approximate surface area is 98.3 Å². The van der Waals surface area contributed by atoms with Crippen LogP contribution in [0.15, 0.2) is 30.6 Å². The van der Waals surface area contributed by atoms with Gasteiger partial charge in [-0.2, -0.15) is 8.42 Å². The van der Waals surface area contributed by atoms with Gasteiger partial charge in [0.1, 0.15) is 0 Å². The van der Waals surface area contributed by atoms with Crippen LogP contribution in [-0.4, -0.2) is 40.5 Å². The first-order chi connectivity index (χ1) is 5.00. The zero-order valence-corrected chi connectivity index (χ0v) is 11.2. The standard InChI is InChI=1S/C5H5N.AsH3.Cu.H2O4S/c1-2-4-6-5-3-1;;;1-5(2,3)4/h1-5H;1H3;;(H2,1,2,3,4). The SMILES string of the molecule is O=S(=O)(O)O.[AsH3].[Cu].c1ccncc1. The molecule has 5 nitrogen and oxygen atoms in total. The van der Waals surface area contributed by atoms with E-state index in [1.807, 2.05) is 18.2 Å². The first-order valence-corrected chi connectivity index (χ1v) is 3.95. The van der Waals surface area contributed by atoms with Crippen LogP contribution < -0.4 is 0 Å². The minimum absolute atomic E-state index is 0. The molecule has 8 heteroatoms. The van der Waals surface area contributed by atoms with E-state index in [0.29, 0.717) is 0 Å². The maximum absolute atomic E-state index is 8.74. The molecule has 1 unspecified atom stereocenters. The summed E-state index contributed by atoms with van der Waals surface area (Å²) in [6.07, 6.45) is 3.50. The molecule has 0 amide bonds. The van der Waals surface area contributed by atoms with Crippen LogP contribution in [-0.2, 0) is 27.5 Å². The van der Waals surface area contributed by atoms with Crippen LogP contribution in [0.2, 0.25) is 0 Å². The molecule has 0 aliphatic carbocycles. The normalized spacial score (nSPS) is 8.15. The molecule has 0 saturated heterocycles. The van der Waals surface area contributed by atoms with E-state index < -0.39 is 10.4 Å². The van der Waals surface area contributed by atoms with Crippen LogP contribution in [0.4, 0.5) is 0 Å². The predicted octanol–water partition coefficient (Wildman–Crippen LogP) is -0.758. The van der Waals surface area contributed by atoms with Gasteiger partial charge in [0.15, 0.2) is 0 Å². The average molecular weight is 319 g/mol. The van der Waals surface area contributed by atoms with E-state index in [2.05, 4.69) is 4.98 Å². The fraction of sp³-hybridized carbons (Fsp3) is 0. The number of pyridine rings is 1. The molecule has 1 aromatic heterocycles. The minimum atomic E-state index is -4.67. The summed E-state index contributed by atoms with van der Waals surface area (Å²) in [5.74, 6) is 0. The summed E-state index contributed by atoms with van der Waals surface area (Å²) in [5, 5.41) is 0. The van der Waals surface area contributed by atoms with Crippen LogP contribution >= 0.6 is 0 Å². The van der Waals surface area contributed by atoms with Crippen molar-refractivity contribution in [2.24, 2.45) is 0 Å². The maximum Gasteiger partial charge on any atom is 0.0267 e. The molecule has 0 aliphatic heterocycles. The van der Waals surface area contributed by atoms with E-state index in [1.165, 1.54) is 0 Å². The van der Waals surface area contributed by atoms with Crippen LogP contribution in [0.25, 0.3) is 0 Å². The van der Waals surface area contributed by atoms with Crippen LogP contribution in [0.1, 0.15) is 0 Å². The third kappa shape index (κ3) is 33.2. The smallest absolute Gasteiger partial charge is 0.0267 e. The molecule has 0 aromatic carbocycles. The van der Waals surface area contributed by atoms with Crippen molar-refractivity contribution < 1.29 is 34.6 Å². The predicted molar refractivity (Wildman–Crippen MR) is 48.4 cm³/mol. The monoisotopic (exact) mass is 318 g/mol. The molecule has 1 rings (SSSR count). The molecule has 1 atom stereocenters. The van der Waals surface area contributed by atoms with Gasteiger partial charge in [0.25, 0.3) is 0 Å². The third-order valence-corrected chi connectivity index (χ3v) is 0.566. The summed E-state index contributed by atoms with van der Waals surface area (Å²) in [7, 11) is -4.67. The Balaban J connectivity index is -0.000000136. The van der Waals surface area contributed by atoms with Gasteiger partial charge in [0, 0.05) is 29.5 Å². The second kappa shape index (κ2) is 10.2. The molecule has 81 valence electrons. The Morgan fingerprint density at radius 1 is 1.00 bits per heavy atom. The van der Waals surface area contributed by atoms with Crippen LogP contribution in [0.5, 0.6) is 0 Å². The quantitative estimate of drug-likeness (QED) is 0.485. The molecule has 1 aromatic rings. The molecule has 2 N–H and O–H groups in total. The minimum Gasteiger partial charge on any atom is -0.265 e. The molecule has 0 bridgehead atoms. The molecular weight excluding hydrogens is 309 g/mol. The Hall–Kier alpha value is 0.0979. The molecule has 1 radical (unpaired) electrons. The van der Waals surface area contributed by atoms with Gasteiger partial charge in [0.2, 0.25) is 0 Å². The molecule has 0 aliphatic rings. The van der Waals surface area contributed by atoms with Crippen molar-refractivity contribution >= 4 is 28.4 Å². The molecule has 1 heterocycles. The van der Waals surface area contributed by atoms with Crippen LogP contribution in [0, 0.1) is 0 Å². The van der Waals surface area contributed by atoms with Gasteiger partial charge >= 0.3 is 28.4 Å². The van der Waals surface area contributed by atoms with Crippen molar-refractivity contribution in [3.63, 3.8) is 0 Å². The first-order valence-electron chi connectivity index (χ1n) is 2.55. The van der Waals surface area contributed by atoms with Gasteiger partial charge in [0.05, 0.1) is 0 Å². The van der Waals surface area contributed by atoms with E-state index in [9.17, 15) is 0 Å². The van der Waals surface area contributed by atoms with Gasteiger partial charge in [-0.25, -0.2) is 0 Å². The molecule has 13 heavy (non-hydrogen) atoms. The van der Waals surface area contributed by atoms with E-state index in [1.54, 1.807) is 12.4 Å². The topological polar surface area (TPSA) is 87.5 Å². The van der Waals surface area contributed by atoms with Crippen molar-refractivity contribution in [1.82, 2.24) is 4.98 Å². The molecule has 0 spiro atoms. The van der Waals surface area contributed by atoms with Gasteiger partial charge in [-0.1, -0.05) is 6.07 Å². The van der Waals surface area contributed by atoms with Crippen molar-refractivity contribution in [3.05, 3.63) is 30.6 Å². The van der Waals surface area contributed by atoms with E-state index in [4.69, 9.17) is 17.5 Å². The fourth-order valence-corrected chi connectivity index (χ4v) is 0.313. The number of aromatic nitrogens is 1. The largest absolute Gasteiger partial charge is 0.265 e. The fourth-order valence-electron chi connectivity index (χ4n) is 0.313.